The van der Waals surface area contributed by atoms with Gasteiger partial charge in [0.1, 0.15) is 0 Å². The molecule has 0 unspecified atom stereocenters. The van der Waals surface area contributed by atoms with E-state index in [1.807, 2.05) is 11.4 Å². The summed E-state index contributed by atoms with van der Waals surface area (Å²) in [5, 5.41) is 25.7. The number of carboxylic acid groups (broad SMARTS) is 2. The lowest BCUT2D eigenvalue weighted by molar-refractivity contribution is -0.313. The van der Waals surface area contributed by atoms with Gasteiger partial charge in [0, 0.05) is 11.9 Å². The molecule has 2 rings (SSSR count). The molecule has 0 spiro atoms. The second-order valence-corrected chi connectivity index (χ2v) is 5.19. The predicted octanol–water partition coefficient (Wildman–Crippen LogP) is -3.84. The Hall–Kier alpha value is -2.38. The van der Waals surface area contributed by atoms with Gasteiger partial charge in [-0.3, -0.25) is 9.59 Å². The zero-order valence-corrected chi connectivity index (χ0v) is 11.0. The Balaban J connectivity index is 1.88. The largest absolute Gasteiger partial charge is 0.550 e. The summed E-state index contributed by atoms with van der Waals surface area (Å²) >= 11 is 0. The fourth-order valence-electron chi connectivity index (χ4n) is 3.02. The van der Waals surface area contributed by atoms with E-state index in [1.54, 1.807) is 6.08 Å². The summed E-state index contributed by atoms with van der Waals surface area (Å²) in [6.07, 6.45) is 4.18. The van der Waals surface area contributed by atoms with Gasteiger partial charge in [-0.1, -0.05) is 12.2 Å². The van der Waals surface area contributed by atoms with Crippen LogP contribution in [-0.4, -0.2) is 36.8 Å². The maximum Gasteiger partial charge on any atom is 0.239 e. The molecule has 2 amide bonds. The molecule has 2 N–H and O–H groups in total. The molecule has 114 valence electrons. The first-order valence-electron chi connectivity index (χ1n) is 6.53. The fourth-order valence-corrected chi connectivity index (χ4v) is 3.02. The third kappa shape index (κ3) is 3.21. The molecular formula is C13H14N2O6-2. The third-order valence-electron chi connectivity index (χ3n) is 3.89. The molecule has 0 aromatic rings. The molecule has 8 nitrogen and oxygen atoms in total. The van der Waals surface area contributed by atoms with Gasteiger partial charge >= 0.3 is 0 Å². The molecule has 1 fully saturated rings. The number of allylic oxidation sites excluding steroid dienone is 2. The first kappa shape index (κ1) is 15.0. The van der Waals surface area contributed by atoms with E-state index < -0.39 is 48.7 Å². The summed E-state index contributed by atoms with van der Waals surface area (Å²) < 4.78 is 0. The summed E-state index contributed by atoms with van der Waals surface area (Å²) in [5.74, 6) is -5.93. The van der Waals surface area contributed by atoms with E-state index in [0.717, 1.165) is 0 Å². The Kier molecular flexibility index (Phi) is 4.25. The highest BCUT2D eigenvalue weighted by Crippen LogP contribution is 2.47. The van der Waals surface area contributed by atoms with E-state index >= 15 is 0 Å². The van der Waals surface area contributed by atoms with Crippen molar-refractivity contribution in [2.75, 3.05) is 13.1 Å². The minimum absolute atomic E-state index is 0.163. The lowest BCUT2D eigenvalue weighted by Crippen LogP contribution is -2.47. The summed E-state index contributed by atoms with van der Waals surface area (Å²) in [7, 11) is 0. The molecule has 0 saturated heterocycles. The number of carbonyl (C=O) groups excluding carboxylic acids is 4. The summed E-state index contributed by atoms with van der Waals surface area (Å²) in [6.45, 7) is -1.06. The van der Waals surface area contributed by atoms with Crippen LogP contribution in [0.5, 0.6) is 0 Å². The first-order valence-corrected chi connectivity index (χ1v) is 6.53. The van der Waals surface area contributed by atoms with Crippen molar-refractivity contribution in [3.8, 4) is 0 Å². The molecule has 2 bridgehead atoms. The van der Waals surface area contributed by atoms with Gasteiger partial charge < -0.3 is 30.4 Å². The molecule has 21 heavy (non-hydrogen) atoms. The van der Waals surface area contributed by atoms with Gasteiger partial charge in [-0.25, -0.2) is 0 Å². The number of aliphatic carboxylic acids is 2. The number of nitrogens with one attached hydrogen (secondary N) is 2. The number of carbonyl (C=O) groups is 4. The van der Waals surface area contributed by atoms with Gasteiger partial charge in [0.25, 0.3) is 0 Å². The van der Waals surface area contributed by atoms with Gasteiger partial charge in [0.2, 0.25) is 11.8 Å². The van der Waals surface area contributed by atoms with Crippen LogP contribution in [0.1, 0.15) is 6.42 Å². The number of hydrogen-bond donors (Lipinski definition) is 2. The van der Waals surface area contributed by atoms with Crippen LogP contribution in [0, 0.1) is 23.7 Å². The normalized spacial score (nSPS) is 29.1. The molecule has 2 aliphatic rings. The number of carboxylic acids is 2. The SMILES string of the molecule is O=C([O-])CNC(=O)CNC(=O)[C@H]1[C@@H](C(=O)[O-])[C@H]2C=C[C@@H]1C2. The van der Waals surface area contributed by atoms with Crippen LogP contribution in [0.15, 0.2) is 12.2 Å². The quantitative estimate of drug-likeness (QED) is 0.481. The molecule has 0 aromatic carbocycles. The minimum atomic E-state index is -1.44. The molecule has 0 heterocycles. The summed E-state index contributed by atoms with van der Waals surface area (Å²) in [5.41, 5.74) is 0. The standard InChI is InChI=1S/C13H16N2O6/c16-8(14-5-9(17)18)4-15-12(19)10-6-1-2-7(3-6)11(10)13(20)21/h1-2,6-7,10-11H,3-5H2,(H,14,16)(H,15,19)(H,17,18)(H,20,21)/p-2/t6-,7+,10-,11+/m1/s1. The average Bonchev–Trinajstić information content (AvgIpc) is 3.02. The second kappa shape index (κ2) is 5.94. The fraction of sp³-hybridized carbons (Fsp3) is 0.538. The second-order valence-electron chi connectivity index (χ2n) is 5.19. The lowest BCUT2D eigenvalue weighted by atomic mass is 9.82. The Morgan fingerprint density at radius 1 is 0.952 bits per heavy atom. The van der Waals surface area contributed by atoms with Crippen LogP contribution in [0.25, 0.3) is 0 Å². The van der Waals surface area contributed by atoms with Crippen LogP contribution in [0.3, 0.4) is 0 Å². The van der Waals surface area contributed by atoms with Crippen LogP contribution in [0.4, 0.5) is 0 Å². The van der Waals surface area contributed by atoms with E-state index in [1.165, 1.54) is 0 Å². The van der Waals surface area contributed by atoms with E-state index in [0.29, 0.717) is 6.42 Å². The van der Waals surface area contributed by atoms with Gasteiger partial charge in [-0.2, -0.15) is 0 Å². The Morgan fingerprint density at radius 2 is 1.57 bits per heavy atom. The van der Waals surface area contributed by atoms with E-state index in [4.69, 9.17) is 0 Å². The highest BCUT2D eigenvalue weighted by Gasteiger charge is 2.48. The van der Waals surface area contributed by atoms with Crippen LogP contribution >= 0.6 is 0 Å². The van der Waals surface area contributed by atoms with Crippen LogP contribution < -0.4 is 20.8 Å². The Labute approximate surface area is 120 Å². The Bertz CT molecular complexity index is 515. The predicted molar refractivity (Wildman–Crippen MR) is 63.8 cm³/mol. The molecular weight excluding hydrogens is 280 g/mol. The van der Waals surface area contributed by atoms with Crippen molar-refractivity contribution in [2.24, 2.45) is 23.7 Å². The van der Waals surface area contributed by atoms with Crippen LogP contribution in [0.2, 0.25) is 0 Å². The summed E-state index contributed by atoms with van der Waals surface area (Å²) in [6, 6.07) is 0. The van der Waals surface area contributed by atoms with Gasteiger partial charge in [0.05, 0.1) is 25.0 Å². The number of hydrogen-bond acceptors (Lipinski definition) is 6. The lowest BCUT2D eigenvalue weighted by Gasteiger charge is -2.27. The van der Waals surface area contributed by atoms with Crippen molar-refractivity contribution in [3.63, 3.8) is 0 Å². The molecule has 0 aliphatic heterocycles. The summed E-state index contributed by atoms with van der Waals surface area (Å²) in [4.78, 5) is 44.6. The van der Waals surface area contributed by atoms with Crippen LogP contribution in [-0.2, 0) is 19.2 Å². The number of fused-ring (bicyclic) bond motifs is 2. The zero-order chi connectivity index (χ0) is 15.6. The van der Waals surface area contributed by atoms with Crippen molar-refractivity contribution in [3.05, 3.63) is 12.2 Å². The van der Waals surface area contributed by atoms with E-state index in [-0.39, 0.29) is 11.8 Å². The maximum atomic E-state index is 12.0. The average molecular weight is 294 g/mol. The topological polar surface area (TPSA) is 138 Å². The maximum absolute atomic E-state index is 12.0. The van der Waals surface area contributed by atoms with Crippen molar-refractivity contribution >= 4 is 23.8 Å². The Morgan fingerprint density at radius 3 is 2.14 bits per heavy atom. The van der Waals surface area contributed by atoms with Gasteiger partial charge in [-0.05, 0) is 18.3 Å². The molecule has 4 atom stereocenters. The molecule has 0 radical (unpaired) electrons. The van der Waals surface area contributed by atoms with Gasteiger partial charge in [0.15, 0.2) is 0 Å². The van der Waals surface area contributed by atoms with Crippen molar-refractivity contribution in [1.29, 1.82) is 0 Å². The van der Waals surface area contributed by atoms with Crippen molar-refractivity contribution in [1.82, 2.24) is 10.6 Å². The van der Waals surface area contributed by atoms with Crippen molar-refractivity contribution < 1.29 is 29.4 Å². The van der Waals surface area contributed by atoms with E-state index in [9.17, 15) is 29.4 Å². The van der Waals surface area contributed by atoms with Gasteiger partial charge in [-0.15, -0.1) is 0 Å². The minimum Gasteiger partial charge on any atom is -0.550 e. The first-order chi connectivity index (χ1) is 9.90. The smallest absolute Gasteiger partial charge is 0.239 e. The third-order valence-corrected chi connectivity index (χ3v) is 3.89. The number of amides is 2. The highest BCUT2D eigenvalue weighted by atomic mass is 16.4. The highest BCUT2D eigenvalue weighted by molar-refractivity contribution is 5.90. The molecule has 2 aliphatic carbocycles. The molecule has 1 saturated carbocycles. The zero-order valence-electron chi connectivity index (χ0n) is 11.0. The number of rotatable bonds is 6. The molecule has 0 aromatic heterocycles. The molecule has 8 heteroatoms. The monoisotopic (exact) mass is 294 g/mol. The van der Waals surface area contributed by atoms with E-state index in [2.05, 4.69) is 5.32 Å². The van der Waals surface area contributed by atoms with Crippen molar-refractivity contribution in [2.45, 2.75) is 6.42 Å².